The highest BCUT2D eigenvalue weighted by Crippen LogP contribution is 2.30. The van der Waals surface area contributed by atoms with Crippen molar-refractivity contribution in [2.75, 3.05) is 26.1 Å². The van der Waals surface area contributed by atoms with Crippen molar-refractivity contribution in [2.24, 2.45) is 4.99 Å². The molecule has 0 atom stereocenters. The lowest BCUT2D eigenvalue weighted by Gasteiger charge is -2.14. The molecule has 1 heterocycles. The summed E-state index contributed by atoms with van der Waals surface area (Å²) in [6, 6.07) is 5.62. The zero-order valence-electron chi connectivity index (χ0n) is 16.3. The first-order chi connectivity index (χ1) is 12.4. The van der Waals surface area contributed by atoms with Crippen molar-refractivity contribution >= 4 is 11.6 Å². The number of guanidine groups is 1. The Morgan fingerprint density at radius 2 is 2.04 bits per heavy atom. The fraction of sp³-hybridized carbons (Fsp3) is 0.474. The standard InChI is InChI=1S/C19H28N4O3/c1-7-25-15-10-13(8-9-14(15)24-6)23-18(20-5)22-12-17-21-11-16(26-17)19(2,3)4/h8-11H,7,12H2,1-6H3,(H2,20,22,23). The fourth-order valence-corrected chi connectivity index (χ4v) is 2.24. The Labute approximate surface area is 154 Å². The van der Waals surface area contributed by atoms with Crippen LogP contribution in [0.5, 0.6) is 11.5 Å². The summed E-state index contributed by atoms with van der Waals surface area (Å²) in [5.41, 5.74) is 0.773. The van der Waals surface area contributed by atoms with Gasteiger partial charge in [-0.2, -0.15) is 0 Å². The van der Waals surface area contributed by atoms with Crippen molar-refractivity contribution in [3.63, 3.8) is 0 Å². The van der Waals surface area contributed by atoms with E-state index in [0.717, 1.165) is 11.4 Å². The van der Waals surface area contributed by atoms with Gasteiger partial charge in [-0.15, -0.1) is 0 Å². The molecule has 0 unspecified atom stereocenters. The molecule has 1 aromatic heterocycles. The van der Waals surface area contributed by atoms with Crippen LogP contribution >= 0.6 is 0 Å². The molecule has 0 amide bonds. The second kappa shape index (κ2) is 8.60. The Bertz CT molecular complexity index is 747. The predicted molar refractivity (Wildman–Crippen MR) is 103 cm³/mol. The average Bonchev–Trinajstić information content (AvgIpc) is 3.08. The van der Waals surface area contributed by atoms with E-state index < -0.39 is 0 Å². The number of aliphatic imine (C=N–C) groups is 1. The summed E-state index contributed by atoms with van der Waals surface area (Å²) in [6.07, 6.45) is 1.77. The van der Waals surface area contributed by atoms with Gasteiger partial charge in [-0.05, 0) is 19.1 Å². The maximum Gasteiger partial charge on any atom is 0.213 e. The lowest BCUT2D eigenvalue weighted by Crippen LogP contribution is -2.30. The van der Waals surface area contributed by atoms with Gasteiger partial charge in [0.15, 0.2) is 17.5 Å². The van der Waals surface area contributed by atoms with Crippen LogP contribution in [0.25, 0.3) is 0 Å². The van der Waals surface area contributed by atoms with E-state index in [1.54, 1.807) is 20.4 Å². The minimum atomic E-state index is -0.0655. The average molecular weight is 360 g/mol. The van der Waals surface area contributed by atoms with Crippen molar-refractivity contribution in [3.8, 4) is 11.5 Å². The molecule has 0 saturated heterocycles. The zero-order chi connectivity index (χ0) is 19.2. The number of hydrogen-bond acceptors (Lipinski definition) is 5. The minimum absolute atomic E-state index is 0.0655. The number of nitrogens with zero attached hydrogens (tertiary/aromatic N) is 2. The third kappa shape index (κ3) is 5.15. The SMILES string of the molecule is CCOc1cc(NC(=NC)NCc2ncc(C(C)(C)C)o2)ccc1OC. The monoisotopic (exact) mass is 360 g/mol. The summed E-state index contributed by atoms with van der Waals surface area (Å²) in [6.45, 7) is 9.19. The van der Waals surface area contributed by atoms with Gasteiger partial charge in [0.1, 0.15) is 5.76 Å². The van der Waals surface area contributed by atoms with Crippen molar-refractivity contribution in [1.29, 1.82) is 0 Å². The van der Waals surface area contributed by atoms with E-state index in [4.69, 9.17) is 13.9 Å². The van der Waals surface area contributed by atoms with Gasteiger partial charge < -0.3 is 24.5 Å². The predicted octanol–water partition coefficient (Wildman–Crippen LogP) is 3.57. The number of oxazole rings is 1. The first-order valence-corrected chi connectivity index (χ1v) is 8.61. The van der Waals surface area contributed by atoms with Crippen molar-refractivity contribution in [2.45, 2.75) is 39.7 Å². The molecule has 0 bridgehead atoms. The minimum Gasteiger partial charge on any atom is -0.493 e. The Hall–Kier alpha value is -2.70. The number of rotatable bonds is 6. The molecule has 2 rings (SSSR count). The van der Waals surface area contributed by atoms with Gasteiger partial charge in [-0.25, -0.2) is 4.98 Å². The number of nitrogens with one attached hydrogen (secondary N) is 2. The number of anilines is 1. The molecule has 0 aliphatic rings. The van der Waals surface area contributed by atoms with E-state index in [9.17, 15) is 0 Å². The molecule has 0 fully saturated rings. The quantitative estimate of drug-likeness (QED) is 0.605. The Morgan fingerprint density at radius 1 is 1.27 bits per heavy atom. The molecule has 2 N–H and O–H groups in total. The summed E-state index contributed by atoms with van der Waals surface area (Å²) in [4.78, 5) is 8.53. The molecule has 1 aromatic carbocycles. The Kier molecular flexibility index (Phi) is 6.49. The first-order valence-electron chi connectivity index (χ1n) is 8.61. The molecule has 0 saturated carbocycles. The van der Waals surface area contributed by atoms with Crippen molar-refractivity contribution in [3.05, 3.63) is 36.0 Å². The molecule has 0 spiro atoms. The van der Waals surface area contributed by atoms with E-state index in [-0.39, 0.29) is 5.41 Å². The molecular weight excluding hydrogens is 332 g/mol. The number of ether oxygens (including phenoxy) is 2. The van der Waals surface area contributed by atoms with Crippen molar-refractivity contribution in [1.82, 2.24) is 10.3 Å². The van der Waals surface area contributed by atoms with Gasteiger partial charge in [0.25, 0.3) is 0 Å². The van der Waals surface area contributed by atoms with Crippen LogP contribution < -0.4 is 20.1 Å². The molecular formula is C19H28N4O3. The molecule has 26 heavy (non-hydrogen) atoms. The van der Waals surface area contributed by atoms with E-state index in [0.29, 0.717) is 36.5 Å². The van der Waals surface area contributed by atoms with Crippen LogP contribution in [0.1, 0.15) is 39.3 Å². The third-order valence-corrected chi connectivity index (χ3v) is 3.65. The molecule has 0 aliphatic carbocycles. The van der Waals surface area contributed by atoms with Gasteiger partial charge in [-0.1, -0.05) is 20.8 Å². The highest BCUT2D eigenvalue weighted by Gasteiger charge is 2.19. The van der Waals surface area contributed by atoms with Crippen LogP contribution in [0, 0.1) is 0 Å². The highest BCUT2D eigenvalue weighted by atomic mass is 16.5. The van der Waals surface area contributed by atoms with Crippen LogP contribution in [0.3, 0.4) is 0 Å². The second-order valence-electron chi connectivity index (χ2n) is 6.72. The van der Waals surface area contributed by atoms with E-state index >= 15 is 0 Å². The number of hydrogen-bond donors (Lipinski definition) is 2. The first kappa shape index (κ1) is 19.6. The van der Waals surface area contributed by atoms with Crippen LogP contribution in [0.2, 0.25) is 0 Å². The summed E-state index contributed by atoms with van der Waals surface area (Å²) >= 11 is 0. The van der Waals surface area contributed by atoms with Gasteiger partial charge in [0, 0.05) is 24.2 Å². The highest BCUT2D eigenvalue weighted by molar-refractivity contribution is 5.93. The molecule has 7 heteroatoms. The lowest BCUT2D eigenvalue weighted by molar-refractivity contribution is 0.311. The van der Waals surface area contributed by atoms with Gasteiger partial charge in [-0.3, -0.25) is 4.99 Å². The number of benzene rings is 1. The zero-order valence-corrected chi connectivity index (χ0v) is 16.3. The molecule has 7 nitrogen and oxygen atoms in total. The van der Waals surface area contributed by atoms with Crippen LogP contribution in [-0.2, 0) is 12.0 Å². The number of aromatic nitrogens is 1. The molecule has 0 radical (unpaired) electrons. The van der Waals surface area contributed by atoms with E-state index in [1.165, 1.54) is 0 Å². The second-order valence-corrected chi connectivity index (χ2v) is 6.72. The van der Waals surface area contributed by atoms with Crippen LogP contribution in [0.4, 0.5) is 5.69 Å². The Balaban J connectivity index is 2.01. The van der Waals surface area contributed by atoms with E-state index in [1.807, 2.05) is 25.1 Å². The van der Waals surface area contributed by atoms with E-state index in [2.05, 4.69) is 41.4 Å². The van der Waals surface area contributed by atoms with Crippen molar-refractivity contribution < 1.29 is 13.9 Å². The van der Waals surface area contributed by atoms with Crippen LogP contribution in [-0.4, -0.2) is 31.7 Å². The topological polar surface area (TPSA) is 80.9 Å². The summed E-state index contributed by atoms with van der Waals surface area (Å²) < 4.78 is 16.7. The van der Waals surface area contributed by atoms with Gasteiger partial charge in [0.05, 0.1) is 26.5 Å². The third-order valence-electron chi connectivity index (χ3n) is 3.65. The maximum atomic E-state index is 5.78. The smallest absolute Gasteiger partial charge is 0.213 e. The van der Waals surface area contributed by atoms with Gasteiger partial charge in [0.2, 0.25) is 5.89 Å². The summed E-state index contributed by atoms with van der Waals surface area (Å²) in [7, 11) is 3.33. The maximum absolute atomic E-state index is 5.78. The summed E-state index contributed by atoms with van der Waals surface area (Å²) in [5, 5.41) is 6.41. The lowest BCUT2D eigenvalue weighted by atomic mass is 9.94. The Morgan fingerprint density at radius 3 is 2.62 bits per heavy atom. The normalized spacial score (nSPS) is 12.0. The molecule has 142 valence electrons. The molecule has 2 aromatic rings. The summed E-state index contributed by atoms with van der Waals surface area (Å²) in [5.74, 6) is 3.44. The van der Waals surface area contributed by atoms with Crippen LogP contribution in [0.15, 0.2) is 33.8 Å². The number of methoxy groups -OCH3 is 1. The molecule has 0 aliphatic heterocycles. The fourth-order valence-electron chi connectivity index (χ4n) is 2.24. The van der Waals surface area contributed by atoms with Gasteiger partial charge >= 0.3 is 0 Å². The largest absolute Gasteiger partial charge is 0.493 e.